The molecule has 3 rings (SSSR count). The first-order valence-corrected chi connectivity index (χ1v) is 7.78. The molecule has 0 spiro atoms. The largest absolute Gasteiger partial charge is 0.362 e. The minimum atomic E-state index is -0.780. The summed E-state index contributed by atoms with van der Waals surface area (Å²) in [6.45, 7) is 2.68. The number of anilines is 1. The Labute approximate surface area is 129 Å². The number of nitriles is 1. The molecular weight excluding hydrogens is 281 g/mol. The molecule has 2 aliphatic rings. The number of nitrogens with one attached hydrogen (secondary N) is 1. The molecular formula is C17H20FN3O. The van der Waals surface area contributed by atoms with Crippen LogP contribution >= 0.6 is 0 Å². The Bertz CT molecular complexity index is 635. The molecule has 0 saturated heterocycles. The van der Waals surface area contributed by atoms with Crippen LogP contribution in [0.5, 0.6) is 0 Å². The van der Waals surface area contributed by atoms with Gasteiger partial charge in [0.2, 0.25) is 5.91 Å². The van der Waals surface area contributed by atoms with Crippen molar-refractivity contribution in [3.05, 3.63) is 29.6 Å². The van der Waals surface area contributed by atoms with E-state index in [9.17, 15) is 14.4 Å². The number of rotatable bonds is 4. The summed E-state index contributed by atoms with van der Waals surface area (Å²) in [5.74, 6) is -0.122. The number of fused-ring (bicyclic) bond motifs is 1. The average molecular weight is 301 g/mol. The molecule has 22 heavy (non-hydrogen) atoms. The van der Waals surface area contributed by atoms with Crippen LogP contribution in [0.2, 0.25) is 0 Å². The predicted octanol–water partition coefficient (Wildman–Crippen LogP) is 2.39. The van der Waals surface area contributed by atoms with Gasteiger partial charge in [0.05, 0.1) is 12.6 Å². The van der Waals surface area contributed by atoms with E-state index in [1.54, 1.807) is 13.0 Å². The van der Waals surface area contributed by atoms with E-state index in [2.05, 4.69) is 11.4 Å². The van der Waals surface area contributed by atoms with E-state index in [0.29, 0.717) is 12.0 Å². The Hall–Kier alpha value is -2.09. The van der Waals surface area contributed by atoms with Gasteiger partial charge in [0.15, 0.2) is 0 Å². The van der Waals surface area contributed by atoms with Gasteiger partial charge in [-0.3, -0.25) is 4.79 Å². The molecule has 5 heteroatoms. The number of halogens is 1. The molecule has 1 amide bonds. The summed E-state index contributed by atoms with van der Waals surface area (Å²) >= 11 is 0. The van der Waals surface area contributed by atoms with Crippen LogP contribution in [0.3, 0.4) is 0 Å². The molecule has 0 radical (unpaired) electrons. The van der Waals surface area contributed by atoms with Crippen molar-refractivity contribution in [2.24, 2.45) is 5.92 Å². The average Bonchev–Trinajstić information content (AvgIpc) is 3.33. The third kappa shape index (κ3) is 2.78. The molecule has 1 saturated carbocycles. The standard InChI is InChI=1S/C17H20FN3O/c1-17(11-19,12-7-8-12)20-16(22)10-21-9-3-4-13-14(18)5-2-6-15(13)21/h2,5-6,12H,3-4,7-10H2,1H3,(H,20,22)/t17-/m1/s1. The molecule has 0 bridgehead atoms. The van der Waals surface area contributed by atoms with Crippen molar-refractivity contribution < 1.29 is 9.18 Å². The highest BCUT2D eigenvalue weighted by atomic mass is 19.1. The maximum Gasteiger partial charge on any atom is 0.240 e. The van der Waals surface area contributed by atoms with Crippen LogP contribution in [-0.2, 0) is 11.2 Å². The Morgan fingerprint density at radius 1 is 1.55 bits per heavy atom. The van der Waals surface area contributed by atoms with Crippen LogP contribution in [0.1, 0.15) is 31.7 Å². The zero-order valence-electron chi connectivity index (χ0n) is 12.7. The van der Waals surface area contributed by atoms with Crippen molar-refractivity contribution in [3.8, 4) is 6.07 Å². The molecule has 1 heterocycles. The van der Waals surface area contributed by atoms with Gasteiger partial charge in [0.1, 0.15) is 11.4 Å². The third-order valence-electron chi connectivity index (χ3n) is 4.65. The first kappa shape index (κ1) is 14.8. The van der Waals surface area contributed by atoms with Gasteiger partial charge in [-0.15, -0.1) is 0 Å². The topological polar surface area (TPSA) is 56.1 Å². The molecule has 0 unspecified atom stereocenters. The van der Waals surface area contributed by atoms with E-state index < -0.39 is 5.54 Å². The highest BCUT2D eigenvalue weighted by molar-refractivity contribution is 5.83. The van der Waals surface area contributed by atoms with E-state index in [0.717, 1.165) is 31.5 Å². The number of hydrogen-bond donors (Lipinski definition) is 1. The molecule has 1 N–H and O–H groups in total. The number of nitrogens with zero attached hydrogens (tertiary/aromatic N) is 2. The van der Waals surface area contributed by atoms with E-state index in [-0.39, 0.29) is 24.2 Å². The van der Waals surface area contributed by atoms with Crippen molar-refractivity contribution in [3.63, 3.8) is 0 Å². The lowest BCUT2D eigenvalue weighted by molar-refractivity contribution is -0.121. The maximum absolute atomic E-state index is 13.9. The van der Waals surface area contributed by atoms with Crippen molar-refractivity contribution in [2.45, 2.75) is 38.1 Å². The normalized spacial score (nSPS) is 19.8. The summed E-state index contributed by atoms with van der Waals surface area (Å²) in [6.07, 6.45) is 3.52. The van der Waals surface area contributed by atoms with Crippen LogP contribution in [-0.4, -0.2) is 24.5 Å². The third-order valence-corrected chi connectivity index (χ3v) is 4.65. The van der Waals surface area contributed by atoms with Crippen LogP contribution in [0.25, 0.3) is 0 Å². The lowest BCUT2D eigenvalue weighted by atomic mass is 9.97. The van der Waals surface area contributed by atoms with Gasteiger partial charge in [-0.1, -0.05) is 6.07 Å². The summed E-state index contributed by atoms with van der Waals surface area (Å²) in [7, 11) is 0. The molecule has 1 aromatic carbocycles. The second-order valence-corrected chi connectivity index (χ2v) is 6.40. The second kappa shape index (κ2) is 5.60. The van der Waals surface area contributed by atoms with Gasteiger partial charge < -0.3 is 10.2 Å². The van der Waals surface area contributed by atoms with E-state index in [1.807, 2.05) is 11.0 Å². The number of benzene rings is 1. The minimum absolute atomic E-state index is 0.167. The number of carbonyl (C=O) groups excluding carboxylic acids is 1. The predicted molar refractivity (Wildman–Crippen MR) is 81.8 cm³/mol. The van der Waals surface area contributed by atoms with Crippen molar-refractivity contribution in [2.75, 3.05) is 18.0 Å². The molecule has 1 atom stereocenters. The zero-order valence-corrected chi connectivity index (χ0v) is 12.7. The summed E-state index contributed by atoms with van der Waals surface area (Å²) in [5.41, 5.74) is 0.704. The molecule has 1 fully saturated rings. The molecule has 4 nitrogen and oxygen atoms in total. The fourth-order valence-electron chi connectivity index (χ4n) is 3.21. The molecule has 1 aromatic rings. The summed E-state index contributed by atoms with van der Waals surface area (Å²) < 4.78 is 13.9. The molecule has 1 aliphatic carbocycles. The second-order valence-electron chi connectivity index (χ2n) is 6.40. The first-order valence-electron chi connectivity index (χ1n) is 7.78. The maximum atomic E-state index is 13.9. The quantitative estimate of drug-likeness (QED) is 0.929. The van der Waals surface area contributed by atoms with Crippen molar-refractivity contribution in [1.29, 1.82) is 5.26 Å². The highest BCUT2D eigenvalue weighted by Gasteiger charge is 2.43. The highest BCUT2D eigenvalue weighted by Crippen LogP contribution is 2.39. The number of carbonyl (C=O) groups is 1. The van der Waals surface area contributed by atoms with Gasteiger partial charge >= 0.3 is 0 Å². The smallest absolute Gasteiger partial charge is 0.240 e. The molecule has 1 aliphatic heterocycles. The van der Waals surface area contributed by atoms with Gasteiger partial charge in [0.25, 0.3) is 0 Å². The summed E-state index contributed by atoms with van der Waals surface area (Å²) in [4.78, 5) is 14.2. The Balaban J connectivity index is 1.71. The van der Waals surface area contributed by atoms with Crippen LogP contribution in [0.15, 0.2) is 18.2 Å². The monoisotopic (exact) mass is 301 g/mol. The fourth-order valence-corrected chi connectivity index (χ4v) is 3.21. The Morgan fingerprint density at radius 2 is 2.32 bits per heavy atom. The SMILES string of the molecule is C[C@](C#N)(NC(=O)CN1CCCc2c(F)cccc21)C1CC1. The van der Waals surface area contributed by atoms with Crippen LogP contribution in [0.4, 0.5) is 10.1 Å². The number of amides is 1. The Morgan fingerprint density at radius 3 is 3.00 bits per heavy atom. The van der Waals surface area contributed by atoms with Gasteiger partial charge in [-0.25, -0.2) is 4.39 Å². The van der Waals surface area contributed by atoms with E-state index >= 15 is 0 Å². The lowest BCUT2D eigenvalue weighted by Crippen LogP contribution is -2.50. The molecule has 116 valence electrons. The minimum Gasteiger partial charge on any atom is -0.362 e. The van der Waals surface area contributed by atoms with Gasteiger partial charge in [-0.2, -0.15) is 5.26 Å². The van der Waals surface area contributed by atoms with Crippen LogP contribution in [0, 0.1) is 23.1 Å². The first-order chi connectivity index (χ1) is 10.5. The number of hydrogen-bond acceptors (Lipinski definition) is 3. The Kier molecular flexibility index (Phi) is 3.78. The van der Waals surface area contributed by atoms with E-state index in [4.69, 9.17) is 0 Å². The van der Waals surface area contributed by atoms with Crippen molar-refractivity contribution >= 4 is 11.6 Å². The molecule has 0 aromatic heterocycles. The van der Waals surface area contributed by atoms with Crippen LogP contribution < -0.4 is 10.2 Å². The summed E-state index contributed by atoms with van der Waals surface area (Å²) in [5, 5.41) is 12.2. The summed E-state index contributed by atoms with van der Waals surface area (Å²) in [6, 6.07) is 7.22. The van der Waals surface area contributed by atoms with E-state index in [1.165, 1.54) is 6.07 Å². The lowest BCUT2D eigenvalue weighted by Gasteiger charge is -2.32. The fraction of sp³-hybridized carbons (Fsp3) is 0.529. The van der Waals surface area contributed by atoms with Gasteiger partial charge in [0, 0.05) is 17.8 Å². The van der Waals surface area contributed by atoms with Crippen molar-refractivity contribution in [1.82, 2.24) is 5.32 Å². The zero-order chi connectivity index (χ0) is 15.7. The van der Waals surface area contributed by atoms with Gasteiger partial charge in [-0.05, 0) is 50.7 Å².